The minimum absolute atomic E-state index is 1.10. The standard InChI is InChI=1S/C27H26N2Si/c1-30(2,3)23-16-13-20(14-17-23)28-21-15-18-25-24-11-7-8-12-26(24)29(27(25)19-21)22-9-5-4-6-10-22/h4-19,28H,1-3H3. The van der Waals surface area contributed by atoms with E-state index in [-0.39, 0.29) is 0 Å². The highest BCUT2D eigenvalue weighted by molar-refractivity contribution is 6.88. The van der Waals surface area contributed by atoms with Gasteiger partial charge in [0.2, 0.25) is 0 Å². The van der Waals surface area contributed by atoms with Crippen LogP contribution in [-0.4, -0.2) is 12.6 Å². The van der Waals surface area contributed by atoms with Gasteiger partial charge < -0.3 is 9.88 Å². The van der Waals surface area contributed by atoms with Crippen LogP contribution in [0.1, 0.15) is 0 Å². The van der Waals surface area contributed by atoms with Crippen molar-refractivity contribution in [3.8, 4) is 5.69 Å². The fourth-order valence-electron chi connectivity index (χ4n) is 4.12. The summed E-state index contributed by atoms with van der Waals surface area (Å²) in [7, 11) is -1.28. The lowest BCUT2D eigenvalue weighted by Gasteiger charge is -2.17. The minimum Gasteiger partial charge on any atom is -0.355 e. The van der Waals surface area contributed by atoms with E-state index in [1.807, 2.05) is 0 Å². The number of nitrogens with one attached hydrogen (secondary N) is 1. The SMILES string of the molecule is C[Si](C)(C)c1ccc(Nc2ccc3c4ccccc4n(-c4ccccc4)c3c2)cc1. The Kier molecular flexibility index (Phi) is 4.48. The van der Waals surface area contributed by atoms with Crippen molar-refractivity contribution in [2.75, 3.05) is 5.32 Å². The fraction of sp³-hybridized carbons (Fsp3) is 0.111. The van der Waals surface area contributed by atoms with Gasteiger partial charge in [-0.1, -0.05) is 79.4 Å². The average Bonchev–Trinajstić information content (AvgIpc) is 3.08. The number of hydrogen-bond donors (Lipinski definition) is 1. The molecule has 3 heteroatoms. The Morgan fingerprint density at radius 2 is 1.23 bits per heavy atom. The molecule has 0 aliphatic rings. The van der Waals surface area contributed by atoms with Crippen molar-refractivity contribution in [3.05, 3.63) is 97.1 Å². The van der Waals surface area contributed by atoms with Crippen molar-refractivity contribution < 1.29 is 0 Å². The summed E-state index contributed by atoms with van der Waals surface area (Å²) in [6.45, 7) is 7.14. The summed E-state index contributed by atoms with van der Waals surface area (Å²) in [5, 5.41) is 7.63. The van der Waals surface area contributed by atoms with Gasteiger partial charge in [-0.3, -0.25) is 0 Å². The number of para-hydroxylation sites is 2. The molecule has 1 N–H and O–H groups in total. The summed E-state index contributed by atoms with van der Waals surface area (Å²) >= 11 is 0. The topological polar surface area (TPSA) is 17.0 Å². The van der Waals surface area contributed by atoms with Crippen LogP contribution in [0.2, 0.25) is 19.6 Å². The highest BCUT2D eigenvalue weighted by Crippen LogP contribution is 2.34. The summed E-state index contributed by atoms with van der Waals surface area (Å²) in [4.78, 5) is 0. The Balaban J connectivity index is 1.61. The van der Waals surface area contributed by atoms with Crippen LogP contribution in [-0.2, 0) is 0 Å². The smallest absolute Gasteiger partial charge is 0.0775 e. The van der Waals surface area contributed by atoms with Crippen molar-refractivity contribution in [2.24, 2.45) is 0 Å². The first-order chi connectivity index (χ1) is 14.5. The zero-order chi connectivity index (χ0) is 20.7. The summed E-state index contributed by atoms with van der Waals surface area (Å²) < 4.78 is 2.35. The predicted octanol–water partition coefficient (Wildman–Crippen LogP) is 7.07. The number of fused-ring (bicyclic) bond motifs is 3. The highest BCUT2D eigenvalue weighted by Gasteiger charge is 2.16. The quantitative estimate of drug-likeness (QED) is 0.316. The Hall–Kier alpha value is -3.30. The van der Waals surface area contributed by atoms with Crippen LogP contribution in [0, 0.1) is 0 Å². The van der Waals surface area contributed by atoms with Gasteiger partial charge in [0.1, 0.15) is 0 Å². The lowest BCUT2D eigenvalue weighted by atomic mass is 10.1. The molecule has 0 radical (unpaired) electrons. The molecule has 30 heavy (non-hydrogen) atoms. The maximum atomic E-state index is 3.60. The van der Waals surface area contributed by atoms with Gasteiger partial charge in [-0.25, -0.2) is 0 Å². The Labute approximate surface area is 178 Å². The van der Waals surface area contributed by atoms with E-state index in [2.05, 4.69) is 127 Å². The maximum Gasteiger partial charge on any atom is 0.0775 e. The van der Waals surface area contributed by atoms with E-state index in [0.29, 0.717) is 0 Å². The van der Waals surface area contributed by atoms with E-state index in [9.17, 15) is 0 Å². The van der Waals surface area contributed by atoms with Gasteiger partial charge in [-0.05, 0) is 42.5 Å². The minimum atomic E-state index is -1.28. The largest absolute Gasteiger partial charge is 0.355 e. The van der Waals surface area contributed by atoms with E-state index in [1.165, 1.54) is 32.7 Å². The molecule has 1 heterocycles. The van der Waals surface area contributed by atoms with Crippen LogP contribution in [0.4, 0.5) is 11.4 Å². The van der Waals surface area contributed by atoms with Crippen LogP contribution < -0.4 is 10.5 Å². The molecule has 0 bridgehead atoms. The van der Waals surface area contributed by atoms with Crippen molar-refractivity contribution in [1.82, 2.24) is 4.57 Å². The second kappa shape index (κ2) is 7.19. The van der Waals surface area contributed by atoms with Crippen LogP contribution in [0.5, 0.6) is 0 Å². The van der Waals surface area contributed by atoms with Gasteiger partial charge in [0.05, 0.1) is 19.1 Å². The first-order valence-electron chi connectivity index (χ1n) is 10.5. The molecular formula is C27H26N2Si. The average molecular weight is 407 g/mol. The lowest BCUT2D eigenvalue weighted by molar-refractivity contribution is 1.18. The first kappa shape index (κ1) is 18.7. The second-order valence-electron chi connectivity index (χ2n) is 8.87. The molecular weight excluding hydrogens is 380 g/mol. The normalized spacial score (nSPS) is 11.8. The molecule has 148 valence electrons. The van der Waals surface area contributed by atoms with Gasteiger partial charge in [0, 0.05) is 27.8 Å². The van der Waals surface area contributed by atoms with E-state index >= 15 is 0 Å². The van der Waals surface area contributed by atoms with E-state index < -0.39 is 8.07 Å². The Bertz CT molecular complexity index is 1330. The van der Waals surface area contributed by atoms with Crippen LogP contribution in [0.15, 0.2) is 97.1 Å². The van der Waals surface area contributed by atoms with E-state index in [4.69, 9.17) is 0 Å². The maximum absolute atomic E-state index is 3.60. The third-order valence-corrected chi connectivity index (χ3v) is 7.79. The number of aromatic nitrogens is 1. The van der Waals surface area contributed by atoms with Crippen LogP contribution in [0.25, 0.3) is 27.5 Å². The molecule has 1 aromatic heterocycles. The van der Waals surface area contributed by atoms with Crippen molar-refractivity contribution in [3.63, 3.8) is 0 Å². The molecule has 5 aromatic rings. The van der Waals surface area contributed by atoms with Crippen molar-refractivity contribution in [1.29, 1.82) is 0 Å². The highest BCUT2D eigenvalue weighted by atomic mass is 28.3. The van der Waals surface area contributed by atoms with Gasteiger partial charge in [-0.15, -0.1) is 0 Å². The number of nitrogens with zero attached hydrogens (tertiary/aromatic N) is 1. The molecule has 2 nitrogen and oxygen atoms in total. The molecule has 0 aliphatic heterocycles. The molecule has 0 saturated carbocycles. The summed E-state index contributed by atoms with van der Waals surface area (Å²) in [6.07, 6.45) is 0. The molecule has 0 saturated heterocycles. The van der Waals surface area contributed by atoms with Crippen LogP contribution >= 0.6 is 0 Å². The van der Waals surface area contributed by atoms with E-state index in [1.54, 1.807) is 0 Å². The molecule has 0 aliphatic carbocycles. The third-order valence-electron chi connectivity index (χ3n) is 5.73. The van der Waals surface area contributed by atoms with Crippen molar-refractivity contribution >= 4 is 46.4 Å². The molecule has 0 unspecified atom stereocenters. The molecule has 0 amide bonds. The summed E-state index contributed by atoms with van der Waals surface area (Å²) in [6, 6.07) is 34.8. The van der Waals surface area contributed by atoms with Crippen LogP contribution in [0.3, 0.4) is 0 Å². The lowest BCUT2D eigenvalue weighted by Crippen LogP contribution is -2.37. The fourth-order valence-corrected chi connectivity index (χ4v) is 5.29. The molecule has 0 spiro atoms. The van der Waals surface area contributed by atoms with Gasteiger partial charge in [0.15, 0.2) is 0 Å². The van der Waals surface area contributed by atoms with Gasteiger partial charge >= 0.3 is 0 Å². The first-order valence-corrected chi connectivity index (χ1v) is 14.0. The monoisotopic (exact) mass is 406 g/mol. The van der Waals surface area contributed by atoms with Gasteiger partial charge in [0.25, 0.3) is 0 Å². The molecule has 4 aromatic carbocycles. The Morgan fingerprint density at radius 1 is 0.600 bits per heavy atom. The van der Waals surface area contributed by atoms with Gasteiger partial charge in [-0.2, -0.15) is 0 Å². The molecule has 0 atom stereocenters. The zero-order valence-electron chi connectivity index (χ0n) is 17.7. The zero-order valence-corrected chi connectivity index (χ0v) is 18.7. The Morgan fingerprint density at radius 3 is 1.97 bits per heavy atom. The molecule has 5 rings (SSSR count). The number of anilines is 2. The van der Waals surface area contributed by atoms with Crippen molar-refractivity contribution in [2.45, 2.75) is 19.6 Å². The summed E-state index contributed by atoms with van der Waals surface area (Å²) in [5.41, 5.74) is 5.85. The number of hydrogen-bond acceptors (Lipinski definition) is 1. The second-order valence-corrected chi connectivity index (χ2v) is 13.9. The number of benzene rings is 4. The number of rotatable bonds is 4. The predicted molar refractivity (Wildman–Crippen MR) is 133 cm³/mol. The van der Waals surface area contributed by atoms with E-state index in [0.717, 1.165) is 11.4 Å². The summed E-state index contributed by atoms with van der Waals surface area (Å²) in [5.74, 6) is 0. The third kappa shape index (κ3) is 3.31. The molecule has 0 fully saturated rings.